The van der Waals surface area contributed by atoms with E-state index in [1.54, 1.807) is 6.07 Å². The van der Waals surface area contributed by atoms with Crippen molar-refractivity contribution in [2.45, 2.75) is 0 Å². The number of halogens is 1. The highest BCUT2D eigenvalue weighted by molar-refractivity contribution is 5.27. The molecule has 4 heteroatoms. The summed E-state index contributed by atoms with van der Waals surface area (Å²) in [6, 6.07) is 4.47. The quantitative estimate of drug-likeness (QED) is 0.566. The molecule has 0 N–H and O–H groups in total. The first-order valence-electron chi connectivity index (χ1n) is 2.88. The molecule has 0 aliphatic heterocycles. The van der Waals surface area contributed by atoms with Crippen molar-refractivity contribution in [1.29, 1.82) is 5.26 Å². The molecule has 0 radical (unpaired) electrons. The lowest BCUT2D eigenvalue weighted by Gasteiger charge is -1.98. The highest BCUT2D eigenvalue weighted by Crippen LogP contribution is 2.13. The Morgan fingerprint density at radius 1 is 1.64 bits per heavy atom. The monoisotopic (exact) mass is 152 g/mol. The molecule has 0 bridgehead atoms. The topological polar surface area (TPSA) is 45.9 Å². The number of nitrogens with zero attached hydrogens (tertiary/aromatic N) is 2. The number of nitriles is 1. The van der Waals surface area contributed by atoms with Gasteiger partial charge in [0.1, 0.15) is 11.8 Å². The summed E-state index contributed by atoms with van der Waals surface area (Å²) < 4.78 is 17.2. The van der Waals surface area contributed by atoms with Gasteiger partial charge < -0.3 is 4.74 Å². The molecule has 0 saturated heterocycles. The van der Waals surface area contributed by atoms with Crippen molar-refractivity contribution in [3.8, 4) is 11.8 Å². The summed E-state index contributed by atoms with van der Waals surface area (Å²) in [4.78, 5) is 3.31. The Hall–Kier alpha value is -1.63. The molecular formula is C7H5FN2O. The summed E-state index contributed by atoms with van der Waals surface area (Å²) in [6.07, 6.45) is 0. The van der Waals surface area contributed by atoms with Gasteiger partial charge in [0.15, 0.2) is 5.75 Å². The zero-order valence-electron chi connectivity index (χ0n) is 5.84. The molecule has 0 amide bonds. The maximum Gasteiger partial charge on any atom is 0.256 e. The van der Waals surface area contributed by atoms with E-state index in [9.17, 15) is 4.39 Å². The van der Waals surface area contributed by atoms with Crippen molar-refractivity contribution in [3.63, 3.8) is 0 Å². The standard InChI is InChI=1S/C7H5FN2O/c1-11-6-3-2-5(4-9)10-7(6)8/h2-3H,1H3. The number of ether oxygens (including phenoxy) is 1. The van der Waals surface area contributed by atoms with Gasteiger partial charge in [0, 0.05) is 0 Å². The third-order valence-electron chi connectivity index (χ3n) is 1.15. The fourth-order valence-corrected chi connectivity index (χ4v) is 0.636. The largest absolute Gasteiger partial charge is 0.492 e. The summed E-state index contributed by atoms with van der Waals surface area (Å²) in [7, 11) is 1.34. The molecule has 11 heavy (non-hydrogen) atoms. The lowest BCUT2D eigenvalue weighted by atomic mass is 10.3. The van der Waals surface area contributed by atoms with Gasteiger partial charge in [0.25, 0.3) is 5.95 Å². The lowest BCUT2D eigenvalue weighted by Crippen LogP contribution is -1.92. The van der Waals surface area contributed by atoms with Gasteiger partial charge in [0.05, 0.1) is 7.11 Å². The first-order valence-corrected chi connectivity index (χ1v) is 2.88. The third-order valence-corrected chi connectivity index (χ3v) is 1.15. The predicted octanol–water partition coefficient (Wildman–Crippen LogP) is 1.10. The van der Waals surface area contributed by atoms with Crippen LogP contribution in [0.2, 0.25) is 0 Å². The van der Waals surface area contributed by atoms with Gasteiger partial charge in [-0.25, -0.2) is 4.98 Å². The van der Waals surface area contributed by atoms with Crippen LogP contribution in [0, 0.1) is 17.3 Å². The van der Waals surface area contributed by atoms with E-state index in [1.807, 2.05) is 0 Å². The summed E-state index contributed by atoms with van der Waals surface area (Å²) >= 11 is 0. The molecule has 0 atom stereocenters. The third kappa shape index (κ3) is 1.44. The fraction of sp³-hybridized carbons (Fsp3) is 0.143. The maximum absolute atomic E-state index is 12.7. The van der Waals surface area contributed by atoms with Gasteiger partial charge >= 0.3 is 0 Å². The van der Waals surface area contributed by atoms with Crippen LogP contribution >= 0.6 is 0 Å². The van der Waals surface area contributed by atoms with Crippen molar-refractivity contribution in [3.05, 3.63) is 23.8 Å². The Kier molecular flexibility index (Phi) is 2.02. The van der Waals surface area contributed by atoms with E-state index in [-0.39, 0.29) is 11.4 Å². The van der Waals surface area contributed by atoms with E-state index in [2.05, 4.69) is 9.72 Å². The Labute approximate surface area is 63.1 Å². The van der Waals surface area contributed by atoms with Gasteiger partial charge in [-0.15, -0.1) is 0 Å². The lowest BCUT2D eigenvalue weighted by molar-refractivity contribution is 0.377. The minimum atomic E-state index is -0.758. The average Bonchev–Trinajstić information content (AvgIpc) is 2.04. The van der Waals surface area contributed by atoms with Gasteiger partial charge in [0.2, 0.25) is 0 Å². The van der Waals surface area contributed by atoms with Crippen molar-refractivity contribution < 1.29 is 9.13 Å². The molecule has 1 aromatic rings. The minimum Gasteiger partial charge on any atom is -0.492 e. The molecule has 1 heterocycles. The zero-order chi connectivity index (χ0) is 8.27. The van der Waals surface area contributed by atoms with Crippen LogP contribution in [0.1, 0.15) is 5.69 Å². The molecule has 0 aliphatic rings. The second-order valence-corrected chi connectivity index (χ2v) is 1.80. The molecule has 1 aromatic heterocycles. The van der Waals surface area contributed by atoms with E-state index in [1.165, 1.54) is 19.2 Å². The number of pyridine rings is 1. The number of hydrogen-bond acceptors (Lipinski definition) is 3. The highest BCUT2D eigenvalue weighted by Gasteiger charge is 2.03. The molecule has 0 spiro atoms. The minimum absolute atomic E-state index is 0.0447. The Morgan fingerprint density at radius 3 is 2.82 bits per heavy atom. The van der Waals surface area contributed by atoms with Crippen LogP contribution in [0.15, 0.2) is 12.1 Å². The number of hydrogen-bond donors (Lipinski definition) is 0. The normalized spacial score (nSPS) is 8.82. The predicted molar refractivity (Wildman–Crippen MR) is 35.5 cm³/mol. The number of rotatable bonds is 1. The van der Waals surface area contributed by atoms with Crippen LogP contribution < -0.4 is 4.74 Å². The molecule has 0 saturated carbocycles. The Morgan fingerprint density at radius 2 is 2.36 bits per heavy atom. The van der Waals surface area contributed by atoms with E-state index in [4.69, 9.17) is 5.26 Å². The van der Waals surface area contributed by atoms with Crippen molar-refractivity contribution in [2.24, 2.45) is 0 Å². The van der Waals surface area contributed by atoms with E-state index < -0.39 is 5.95 Å². The summed E-state index contributed by atoms with van der Waals surface area (Å²) in [5.41, 5.74) is 0.0447. The maximum atomic E-state index is 12.7. The first-order chi connectivity index (χ1) is 5.27. The highest BCUT2D eigenvalue weighted by atomic mass is 19.1. The average molecular weight is 152 g/mol. The van der Waals surface area contributed by atoms with Crippen molar-refractivity contribution in [1.82, 2.24) is 4.98 Å². The van der Waals surface area contributed by atoms with Crippen molar-refractivity contribution >= 4 is 0 Å². The molecule has 0 unspecified atom stereocenters. The van der Waals surface area contributed by atoms with E-state index in [0.717, 1.165) is 0 Å². The van der Waals surface area contributed by atoms with Crippen LogP contribution in [0.3, 0.4) is 0 Å². The van der Waals surface area contributed by atoms with Crippen LogP contribution in [0.25, 0.3) is 0 Å². The van der Waals surface area contributed by atoms with Gasteiger partial charge in [-0.2, -0.15) is 9.65 Å². The van der Waals surface area contributed by atoms with Gasteiger partial charge in [-0.3, -0.25) is 0 Å². The smallest absolute Gasteiger partial charge is 0.256 e. The first kappa shape index (κ1) is 7.48. The molecule has 0 aromatic carbocycles. The van der Waals surface area contributed by atoms with Crippen LogP contribution in [-0.4, -0.2) is 12.1 Å². The second-order valence-electron chi connectivity index (χ2n) is 1.80. The number of aromatic nitrogens is 1. The summed E-state index contributed by atoms with van der Waals surface area (Å²) in [5.74, 6) is -0.712. The summed E-state index contributed by atoms with van der Waals surface area (Å²) in [6.45, 7) is 0. The number of methoxy groups -OCH3 is 1. The Balaban J connectivity index is 3.12. The molecule has 56 valence electrons. The molecular weight excluding hydrogens is 147 g/mol. The Bertz CT molecular complexity index is 306. The van der Waals surface area contributed by atoms with Gasteiger partial charge in [-0.05, 0) is 12.1 Å². The zero-order valence-corrected chi connectivity index (χ0v) is 5.84. The second kappa shape index (κ2) is 2.97. The summed E-state index contributed by atoms with van der Waals surface area (Å²) in [5, 5.41) is 8.31. The van der Waals surface area contributed by atoms with E-state index in [0.29, 0.717) is 0 Å². The van der Waals surface area contributed by atoms with E-state index >= 15 is 0 Å². The van der Waals surface area contributed by atoms with Crippen LogP contribution in [0.4, 0.5) is 4.39 Å². The van der Waals surface area contributed by atoms with Crippen LogP contribution in [0.5, 0.6) is 5.75 Å². The van der Waals surface area contributed by atoms with Crippen molar-refractivity contribution in [2.75, 3.05) is 7.11 Å². The molecule has 0 fully saturated rings. The molecule has 0 aliphatic carbocycles. The van der Waals surface area contributed by atoms with Crippen LogP contribution in [-0.2, 0) is 0 Å². The molecule has 3 nitrogen and oxygen atoms in total. The fourth-order valence-electron chi connectivity index (χ4n) is 0.636. The SMILES string of the molecule is COc1ccc(C#N)nc1F. The van der Waals surface area contributed by atoms with Gasteiger partial charge in [-0.1, -0.05) is 0 Å². The molecule has 1 rings (SSSR count).